The molecular formula is C45H8O4. The van der Waals surface area contributed by atoms with Crippen molar-refractivity contribution in [2.24, 2.45) is 0 Å². The second-order valence-corrected chi connectivity index (χ2v) is 6.88. The highest BCUT2D eigenvalue weighted by Gasteiger charge is 2.06. The average molecular weight is 613 g/mol. The van der Waals surface area contributed by atoms with Crippen LogP contribution in [0.2, 0.25) is 0 Å². The van der Waals surface area contributed by atoms with Gasteiger partial charge in [-0.05, 0) is 71.6 Å². The van der Waals surface area contributed by atoms with Gasteiger partial charge in [-0.3, -0.25) is 4.79 Å². The molecule has 0 fully saturated rings. The fourth-order valence-electron chi connectivity index (χ4n) is 1.99. The summed E-state index contributed by atoms with van der Waals surface area (Å²) in [6.07, 6.45) is 7.09. The lowest BCUT2D eigenvalue weighted by molar-refractivity contribution is -0.131. The van der Waals surface area contributed by atoms with Gasteiger partial charge in [-0.25, -0.2) is 4.79 Å². The summed E-state index contributed by atoms with van der Waals surface area (Å²) in [7, 11) is 0. The molecule has 49 heavy (non-hydrogen) atoms. The molecule has 0 saturated carbocycles. The molecule has 0 N–H and O–H groups in total. The maximum absolute atomic E-state index is 11.9. The predicted octanol–water partition coefficient (Wildman–Crippen LogP) is 1.42. The molecule has 1 aromatic carbocycles. The normalized spacial score (nSPS) is 5.47. The van der Waals surface area contributed by atoms with E-state index in [1.165, 1.54) is 31.2 Å². The van der Waals surface area contributed by atoms with E-state index in [0.29, 0.717) is 5.75 Å². The lowest BCUT2D eigenvalue weighted by Gasteiger charge is -2.01. The number of rotatable bonds is 2. The van der Waals surface area contributed by atoms with Crippen LogP contribution in [0.5, 0.6) is 5.75 Å². The van der Waals surface area contributed by atoms with Gasteiger partial charge in [-0.15, -0.1) is 6.42 Å². The summed E-state index contributed by atoms with van der Waals surface area (Å²) in [5.74, 6) is 82.4. The largest absolute Gasteiger partial charge is 0.427 e. The van der Waals surface area contributed by atoms with Gasteiger partial charge < -0.3 is 9.47 Å². The molecule has 0 amide bonds. The Labute approximate surface area is 286 Å². The van der Waals surface area contributed by atoms with Crippen molar-refractivity contribution in [2.75, 3.05) is 0 Å². The number of ether oxygens (including phenoxy) is 2. The van der Waals surface area contributed by atoms with Crippen LogP contribution in [0.3, 0.4) is 0 Å². The Bertz CT molecular complexity index is 2690. The third kappa shape index (κ3) is 24.5. The van der Waals surface area contributed by atoms with Gasteiger partial charge in [0.1, 0.15) is 11.9 Å². The minimum Gasteiger partial charge on any atom is -0.427 e. The van der Waals surface area contributed by atoms with Crippen molar-refractivity contribution in [3.05, 3.63) is 29.8 Å². The first kappa shape index (κ1) is 37.3. The minimum atomic E-state index is -0.689. The van der Waals surface area contributed by atoms with E-state index in [1.54, 1.807) is 0 Å². The Kier molecular flexibility index (Phi) is 21.6. The zero-order chi connectivity index (χ0) is 35.3. The van der Waals surface area contributed by atoms with Gasteiger partial charge in [-0.2, -0.15) is 0 Å². The Hall–Kier alpha value is -9.76. The monoisotopic (exact) mass is 612 g/mol. The van der Waals surface area contributed by atoms with Crippen LogP contribution in [-0.2, 0) is 9.53 Å². The summed E-state index contributed by atoms with van der Waals surface area (Å²) in [4.78, 5) is 22.8. The quantitative estimate of drug-likeness (QED) is 0.288. The number of hydrogen-bond donors (Lipinski definition) is 0. The number of carbonyl (C=O) groups is 2. The Morgan fingerprint density at radius 1 is 0.429 bits per heavy atom. The first-order chi connectivity index (χ1) is 24.1. The molecule has 0 aliphatic heterocycles. The number of benzene rings is 1. The fourth-order valence-corrected chi connectivity index (χ4v) is 1.99. The maximum Gasteiger partial charge on any atom is 0.352 e. The molecule has 4 heteroatoms. The average Bonchev–Trinajstić information content (AvgIpc) is 3.10. The maximum atomic E-state index is 11.9. The number of carbonyl (C=O) groups excluding carboxylic acids is 2. The molecule has 0 spiro atoms. The Morgan fingerprint density at radius 2 is 0.694 bits per heavy atom. The van der Waals surface area contributed by atoms with Gasteiger partial charge in [0.15, 0.2) is 0 Å². The molecule has 1 aromatic rings. The third-order valence-corrected chi connectivity index (χ3v) is 3.62. The first-order valence-electron chi connectivity index (χ1n) is 12.6. The van der Waals surface area contributed by atoms with Crippen molar-refractivity contribution < 1.29 is 19.1 Å². The summed E-state index contributed by atoms with van der Waals surface area (Å²) in [6, 6.07) is 5.78. The standard InChI is InChI=1S/C45H8O4/c1-3-4-5-6-7-8-9-10-11-12-13-14-15-16-17-18-19-20-21-22-23-24-25-26-27-28-29-30-31-32-33-34-35-36-41-48-45(47)43-37-39-44(40-38-43)49-42(2)46/h1,37-40H,2H3. The Morgan fingerprint density at radius 3 is 0.959 bits per heavy atom. The summed E-state index contributed by atoms with van der Waals surface area (Å²) in [5, 5.41) is 0. The second kappa shape index (κ2) is 28.4. The van der Waals surface area contributed by atoms with E-state index < -0.39 is 11.9 Å². The minimum absolute atomic E-state index is 0.224. The number of esters is 2. The van der Waals surface area contributed by atoms with Gasteiger partial charge in [0.05, 0.1) is 5.56 Å². The van der Waals surface area contributed by atoms with E-state index in [1.807, 2.05) is 0 Å². The summed E-state index contributed by atoms with van der Waals surface area (Å²) in [5.41, 5.74) is 0.224. The first-order valence-corrected chi connectivity index (χ1v) is 12.6. The molecule has 0 atom stereocenters. The van der Waals surface area contributed by atoms with Crippen molar-refractivity contribution >= 4 is 11.9 Å². The molecule has 212 valence electrons. The third-order valence-electron chi connectivity index (χ3n) is 3.62. The molecule has 0 aliphatic rings. The van der Waals surface area contributed by atoms with Crippen molar-refractivity contribution in [1.29, 1.82) is 0 Å². The van der Waals surface area contributed by atoms with Crippen LogP contribution in [0.25, 0.3) is 0 Å². The van der Waals surface area contributed by atoms with Crippen LogP contribution in [0.15, 0.2) is 24.3 Å². The van der Waals surface area contributed by atoms with Crippen molar-refractivity contribution in [3.8, 4) is 220 Å². The summed E-state index contributed by atoms with van der Waals surface area (Å²) < 4.78 is 9.63. The van der Waals surface area contributed by atoms with E-state index in [2.05, 4.69) is 207 Å². The van der Waals surface area contributed by atoms with Crippen LogP contribution in [-0.4, -0.2) is 11.9 Å². The zero-order valence-corrected chi connectivity index (χ0v) is 25.0. The van der Waals surface area contributed by atoms with E-state index in [4.69, 9.17) is 15.9 Å². The van der Waals surface area contributed by atoms with Crippen LogP contribution in [0.4, 0.5) is 0 Å². The van der Waals surface area contributed by atoms with Gasteiger partial charge in [0.25, 0.3) is 0 Å². The molecule has 0 aromatic heterocycles. The van der Waals surface area contributed by atoms with Gasteiger partial charge in [0.2, 0.25) is 0 Å². The molecule has 0 bridgehead atoms. The smallest absolute Gasteiger partial charge is 0.352 e. The molecule has 0 unspecified atom stereocenters. The van der Waals surface area contributed by atoms with E-state index in [-0.39, 0.29) is 5.56 Å². The molecule has 0 aliphatic carbocycles. The summed E-state index contributed by atoms with van der Waals surface area (Å²) >= 11 is 0. The van der Waals surface area contributed by atoms with E-state index in [9.17, 15) is 9.59 Å². The SMILES string of the molecule is C#CC#CC#CC#CC#CC#CC#CC#CC#CC#CC#CC#CC#CC#CC#CC#CC#CC#COC(=O)c1ccc(OC(C)=O)cc1. The van der Waals surface area contributed by atoms with Crippen molar-refractivity contribution in [2.45, 2.75) is 6.92 Å². The van der Waals surface area contributed by atoms with E-state index >= 15 is 0 Å². The van der Waals surface area contributed by atoms with Gasteiger partial charge >= 0.3 is 11.9 Å². The zero-order valence-electron chi connectivity index (χ0n) is 25.0. The van der Waals surface area contributed by atoms with Crippen LogP contribution in [0.1, 0.15) is 17.3 Å². The predicted molar refractivity (Wildman–Crippen MR) is 184 cm³/mol. The Balaban J connectivity index is 2.40. The molecule has 0 radical (unpaired) electrons. The van der Waals surface area contributed by atoms with Crippen LogP contribution >= 0.6 is 0 Å². The molecule has 4 nitrogen and oxygen atoms in total. The lowest BCUT2D eigenvalue weighted by Crippen LogP contribution is -2.03. The second-order valence-electron chi connectivity index (χ2n) is 6.88. The highest BCUT2D eigenvalue weighted by Crippen LogP contribution is 2.12. The summed E-state index contributed by atoms with van der Waals surface area (Å²) in [6.45, 7) is 1.27. The highest BCUT2D eigenvalue weighted by atomic mass is 16.5. The van der Waals surface area contributed by atoms with E-state index in [0.717, 1.165) is 0 Å². The lowest BCUT2D eigenvalue weighted by atomic mass is 10.2. The van der Waals surface area contributed by atoms with Crippen molar-refractivity contribution in [1.82, 2.24) is 0 Å². The fraction of sp³-hybridized carbons (Fsp3) is 0.0222. The van der Waals surface area contributed by atoms with Crippen molar-refractivity contribution in [3.63, 3.8) is 0 Å². The topological polar surface area (TPSA) is 52.6 Å². The van der Waals surface area contributed by atoms with Gasteiger partial charge in [-0.1, -0.05) is 0 Å². The molecule has 0 saturated heterocycles. The van der Waals surface area contributed by atoms with Crippen LogP contribution < -0.4 is 4.74 Å². The highest BCUT2D eigenvalue weighted by molar-refractivity contribution is 5.90. The molecule has 0 heterocycles. The van der Waals surface area contributed by atoms with Gasteiger partial charge in [0, 0.05) is 161 Å². The molecular weight excluding hydrogens is 604 g/mol. The number of terminal acetylenes is 1. The van der Waals surface area contributed by atoms with Crippen LogP contribution in [0, 0.1) is 214 Å². The number of hydrogen-bond acceptors (Lipinski definition) is 4. The molecule has 1 rings (SSSR count).